The second-order valence-corrected chi connectivity index (χ2v) is 7.47. The van der Waals surface area contributed by atoms with Crippen molar-refractivity contribution < 1.29 is 9.53 Å². The number of fused-ring (bicyclic) bond motifs is 2. The normalized spacial score (nSPS) is 50.7. The molecule has 3 saturated carbocycles. The summed E-state index contributed by atoms with van der Waals surface area (Å²) in [7, 11) is 0. The molecular weight excluding hydrogens is 224 g/mol. The van der Waals surface area contributed by atoms with Crippen LogP contribution in [-0.2, 0) is 9.53 Å². The van der Waals surface area contributed by atoms with E-state index >= 15 is 0 Å². The fraction of sp³-hybridized carbons (Fsp3) is 0.938. The molecule has 2 heteroatoms. The molecule has 2 nitrogen and oxygen atoms in total. The van der Waals surface area contributed by atoms with Gasteiger partial charge in [-0.25, -0.2) is 0 Å². The molecule has 0 aliphatic heterocycles. The fourth-order valence-corrected chi connectivity index (χ4v) is 4.87. The Bertz CT molecular complexity index is 351. The number of rotatable bonds is 2. The van der Waals surface area contributed by atoms with Crippen LogP contribution in [0.2, 0.25) is 0 Å². The maximum atomic E-state index is 12.4. The number of hydrogen-bond acceptors (Lipinski definition) is 2. The Hall–Kier alpha value is -0.530. The van der Waals surface area contributed by atoms with Gasteiger partial charge in [-0.2, -0.15) is 0 Å². The van der Waals surface area contributed by atoms with Gasteiger partial charge in [0.25, 0.3) is 0 Å². The maximum Gasteiger partial charge on any atom is 0.309 e. The monoisotopic (exact) mass is 250 g/mol. The van der Waals surface area contributed by atoms with Gasteiger partial charge < -0.3 is 4.74 Å². The van der Waals surface area contributed by atoms with Crippen molar-refractivity contribution in [1.82, 2.24) is 0 Å². The Kier molecular flexibility index (Phi) is 2.95. The minimum atomic E-state index is -0.133. The molecule has 102 valence electrons. The van der Waals surface area contributed by atoms with Crippen LogP contribution in [0.3, 0.4) is 0 Å². The van der Waals surface area contributed by atoms with Crippen LogP contribution in [0.4, 0.5) is 0 Å². The zero-order valence-corrected chi connectivity index (χ0v) is 11.9. The van der Waals surface area contributed by atoms with E-state index in [9.17, 15) is 4.79 Å². The molecular formula is C16H26O2. The van der Waals surface area contributed by atoms with Crippen LogP contribution in [0.15, 0.2) is 0 Å². The molecule has 0 aromatic heterocycles. The molecule has 6 atom stereocenters. The Morgan fingerprint density at radius 1 is 1.17 bits per heavy atom. The molecule has 0 N–H and O–H groups in total. The van der Waals surface area contributed by atoms with Crippen molar-refractivity contribution in [2.24, 2.45) is 29.6 Å². The summed E-state index contributed by atoms with van der Waals surface area (Å²) in [5, 5.41) is 0. The standard InChI is InChI=1S/C16H26O2/c1-10-6-11(2)14(7-10)15(17)18-16(3)9-12-4-5-13(16)8-12/h10-14H,4-9H2,1-3H3. The van der Waals surface area contributed by atoms with Crippen LogP contribution in [0.1, 0.15) is 59.3 Å². The molecule has 3 aliphatic rings. The fourth-order valence-electron chi connectivity index (χ4n) is 4.87. The second-order valence-electron chi connectivity index (χ2n) is 7.47. The van der Waals surface area contributed by atoms with E-state index in [0.29, 0.717) is 17.8 Å². The lowest BCUT2D eigenvalue weighted by molar-refractivity contribution is -0.169. The van der Waals surface area contributed by atoms with E-state index < -0.39 is 0 Å². The van der Waals surface area contributed by atoms with Gasteiger partial charge in [0.15, 0.2) is 0 Å². The summed E-state index contributed by atoms with van der Waals surface area (Å²) >= 11 is 0. The predicted octanol–water partition coefficient (Wildman–Crippen LogP) is 3.79. The molecule has 0 heterocycles. The maximum absolute atomic E-state index is 12.4. The molecule has 0 radical (unpaired) electrons. The van der Waals surface area contributed by atoms with E-state index in [2.05, 4.69) is 20.8 Å². The largest absolute Gasteiger partial charge is 0.459 e. The van der Waals surface area contributed by atoms with E-state index in [1.807, 2.05) is 0 Å². The highest BCUT2D eigenvalue weighted by atomic mass is 16.6. The van der Waals surface area contributed by atoms with Crippen molar-refractivity contribution in [2.45, 2.75) is 64.9 Å². The van der Waals surface area contributed by atoms with Gasteiger partial charge in [-0.1, -0.05) is 13.8 Å². The third-order valence-electron chi connectivity index (χ3n) is 5.85. The smallest absolute Gasteiger partial charge is 0.309 e. The van der Waals surface area contributed by atoms with Crippen molar-refractivity contribution in [3.05, 3.63) is 0 Å². The molecule has 0 aromatic carbocycles. The lowest BCUT2D eigenvalue weighted by atomic mass is 9.85. The number of carbonyl (C=O) groups excluding carboxylic acids is 1. The highest BCUT2D eigenvalue weighted by Gasteiger charge is 2.51. The average Bonchev–Trinajstić information content (AvgIpc) is 2.92. The average molecular weight is 250 g/mol. The van der Waals surface area contributed by atoms with Crippen molar-refractivity contribution in [1.29, 1.82) is 0 Å². The topological polar surface area (TPSA) is 26.3 Å². The Morgan fingerprint density at radius 2 is 1.94 bits per heavy atom. The van der Waals surface area contributed by atoms with Crippen LogP contribution in [0.5, 0.6) is 0 Å². The molecule has 0 amide bonds. The van der Waals surface area contributed by atoms with Crippen LogP contribution < -0.4 is 0 Å². The van der Waals surface area contributed by atoms with Crippen LogP contribution >= 0.6 is 0 Å². The van der Waals surface area contributed by atoms with E-state index in [-0.39, 0.29) is 17.5 Å². The third kappa shape index (κ3) is 1.98. The van der Waals surface area contributed by atoms with Crippen LogP contribution in [0, 0.1) is 29.6 Å². The quantitative estimate of drug-likeness (QED) is 0.697. The Labute approximate surface area is 110 Å². The first-order chi connectivity index (χ1) is 8.48. The minimum absolute atomic E-state index is 0.0990. The molecule has 0 aromatic rings. The molecule has 6 unspecified atom stereocenters. The summed E-state index contributed by atoms with van der Waals surface area (Å²) in [5.41, 5.74) is -0.133. The summed E-state index contributed by atoms with van der Waals surface area (Å²) in [6.07, 6.45) is 7.24. The highest BCUT2D eigenvalue weighted by molar-refractivity contribution is 5.73. The lowest BCUT2D eigenvalue weighted by Crippen LogP contribution is -2.39. The van der Waals surface area contributed by atoms with Crippen LogP contribution in [-0.4, -0.2) is 11.6 Å². The number of ether oxygens (including phenoxy) is 1. The molecule has 2 bridgehead atoms. The summed E-state index contributed by atoms with van der Waals surface area (Å²) in [4.78, 5) is 12.4. The molecule has 3 fully saturated rings. The van der Waals surface area contributed by atoms with Crippen molar-refractivity contribution in [3.63, 3.8) is 0 Å². The van der Waals surface area contributed by atoms with Crippen LogP contribution in [0.25, 0.3) is 0 Å². The van der Waals surface area contributed by atoms with Gasteiger partial charge >= 0.3 is 5.97 Å². The van der Waals surface area contributed by atoms with Gasteiger partial charge in [-0.05, 0) is 69.1 Å². The van der Waals surface area contributed by atoms with Gasteiger partial charge in [0, 0.05) is 0 Å². The molecule has 0 saturated heterocycles. The molecule has 3 aliphatic carbocycles. The van der Waals surface area contributed by atoms with Crippen molar-refractivity contribution >= 4 is 5.97 Å². The lowest BCUT2D eigenvalue weighted by Gasteiger charge is -2.35. The van der Waals surface area contributed by atoms with E-state index in [0.717, 1.165) is 18.8 Å². The summed E-state index contributed by atoms with van der Waals surface area (Å²) in [6.45, 7) is 6.64. The number of carbonyl (C=O) groups is 1. The van der Waals surface area contributed by atoms with Crippen molar-refractivity contribution in [3.8, 4) is 0 Å². The second kappa shape index (κ2) is 4.25. The first-order valence-corrected chi connectivity index (χ1v) is 7.71. The minimum Gasteiger partial charge on any atom is -0.459 e. The van der Waals surface area contributed by atoms with Gasteiger partial charge in [-0.3, -0.25) is 4.79 Å². The Morgan fingerprint density at radius 3 is 2.44 bits per heavy atom. The van der Waals surface area contributed by atoms with Gasteiger partial charge in [0.05, 0.1) is 5.92 Å². The van der Waals surface area contributed by atoms with E-state index in [1.165, 1.54) is 25.7 Å². The SMILES string of the molecule is CC1CC(C)C(C(=O)OC2(C)CC3CCC2C3)C1. The number of esters is 1. The number of hydrogen-bond donors (Lipinski definition) is 0. The molecule has 3 rings (SSSR count). The molecule has 18 heavy (non-hydrogen) atoms. The Balaban J connectivity index is 1.64. The third-order valence-corrected chi connectivity index (χ3v) is 5.85. The van der Waals surface area contributed by atoms with Gasteiger partial charge in [0.2, 0.25) is 0 Å². The first kappa shape index (κ1) is 12.5. The zero-order valence-electron chi connectivity index (χ0n) is 11.9. The molecule has 0 spiro atoms. The zero-order chi connectivity index (χ0) is 12.9. The van der Waals surface area contributed by atoms with Gasteiger partial charge in [-0.15, -0.1) is 0 Å². The van der Waals surface area contributed by atoms with Gasteiger partial charge in [0.1, 0.15) is 5.60 Å². The highest BCUT2D eigenvalue weighted by Crippen LogP contribution is 2.53. The summed E-state index contributed by atoms with van der Waals surface area (Å²) in [5.74, 6) is 2.92. The van der Waals surface area contributed by atoms with E-state index in [1.54, 1.807) is 0 Å². The van der Waals surface area contributed by atoms with Crippen molar-refractivity contribution in [2.75, 3.05) is 0 Å². The van der Waals surface area contributed by atoms with E-state index in [4.69, 9.17) is 4.74 Å². The summed E-state index contributed by atoms with van der Waals surface area (Å²) < 4.78 is 6.00. The first-order valence-electron chi connectivity index (χ1n) is 7.71. The predicted molar refractivity (Wildman–Crippen MR) is 71.0 cm³/mol. The summed E-state index contributed by atoms with van der Waals surface area (Å²) in [6, 6.07) is 0.